The topological polar surface area (TPSA) is 73.3 Å². The van der Waals surface area contributed by atoms with Gasteiger partial charge in [0.2, 0.25) is 5.95 Å². The van der Waals surface area contributed by atoms with Gasteiger partial charge in [-0.15, -0.1) is 0 Å². The number of rotatable bonds is 1. The van der Waals surface area contributed by atoms with E-state index in [1.807, 2.05) is 24.3 Å². The number of anilines is 1. The van der Waals surface area contributed by atoms with Gasteiger partial charge in [0.1, 0.15) is 5.69 Å². The van der Waals surface area contributed by atoms with Crippen LogP contribution >= 0.6 is 0 Å². The standard InChI is InChI=1S/C12H10N4O/c1-7(17)10-6-11-8-4-2-3-5-9(8)14-12(13)16(11)15-10/h2-6H,1H3,(H2,13,14). The number of benzene rings is 1. The molecule has 2 aromatic heterocycles. The second-order valence-corrected chi connectivity index (χ2v) is 3.87. The van der Waals surface area contributed by atoms with Gasteiger partial charge in [-0.2, -0.15) is 9.61 Å². The first-order chi connectivity index (χ1) is 8.16. The maximum atomic E-state index is 11.3. The minimum absolute atomic E-state index is 0.0859. The fraction of sp³-hybridized carbons (Fsp3) is 0.0833. The Labute approximate surface area is 96.9 Å². The first kappa shape index (κ1) is 9.77. The number of Topliss-reactive ketones (excluding diaryl/α,β-unsaturated/α-hetero) is 1. The molecule has 0 fully saturated rings. The van der Waals surface area contributed by atoms with E-state index in [4.69, 9.17) is 5.73 Å². The van der Waals surface area contributed by atoms with E-state index in [-0.39, 0.29) is 11.7 Å². The molecule has 1 aromatic carbocycles. The van der Waals surface area contributed by atoms with Crippen LogP contribution in [0.25, 0.3) is 16.4 Å². The van der Waals surface area contributed by atoms with Crippen molar-refractivity contribution < 1.29 is 4.79 Å². The maximum Gasteiger partial charge on any atom is 0.222 e. The van der Waals surface area contributed by atoms with Crippen molar-refractivity contribution in [1.82, 2.24) is 14.6 Å². The lowest BCUT2D eigenvalue weighted by Crippen LogP contribution is -2.03. The van der Waals surface area contributed by atoms with E-state index >= 15 is 0 Å². The Morgan fingerprint density at radius 1 is 1.35 bits per heavy atom. The number of carbonyl (C=O) groups excluding carboxylic acids is 1. The van der Waals surface area contributed by atoms with Crippen molar-refractivity contribution >= 4 is 28.2 Å². The predicted molar refractivity (Wildman–Crippen MR) is 64.9 cm³/mol. The summed E-state index contributed by atoms with van der Waals surface area (Å²) < 4.78 is 1.50. The molecule has 0 bridgehead atoms. The predicted octanol–water partition coefficient (Wildman–Crippen LogP) is 1.67. The van der Waals surface area contributed by atoms with Gasteiger partial charge in [0, 0.05) is 12.3 Å². The summed E-state index contributed by atoms with van der Waals surface area (Å²) in [5.74, 6) is 0.198. The number of nitrogen functional groups attached to an aromatic ring is 1. The molecule has 0 saturated heterocycles. The maximum absolute atomic E-state index is 11.3. The van der Waals surface area contributed by atoms with E-state index in [1.54, 1.807) is 6.07 Å². The number of carbonyl (C=O) groups is 1. The van der Waals surface area contributed by atoms with Gasteiger partial charge < -0.3 is 5.73 Å². The van der Waals surface area contributed by atoms with Gasteiger partial charge >= 0.3 is 0 Å². The number of para-hydroxylation sites is 1. The van der Waals surface area contributed by atoms with Crippen molar-refractivity contribution in [3.8, 4) is 0 Å². The highest BCUT2D eigenvalue weighted by atomic mass is 16.1. The van der Waals surface area contributed by atoms with E-state index < -0.39 is 0 Å². The number of hydrogen-bond acceptors (Lipinski definition) is 4. The summed E-state index contributed by atoms with van der Waals surface area (Å²) in [5, 5.41) is 5.07. The Balaban J connectivity index is 2.51. The fourth-order valence-electron chi connectivity index (χ4n) is 1.88. The van der Waals surface area contributed by atoms with Crippen LogP contribution in [-0.4, -0.2) is 20.4 Å². The normalized spacial score (nSPS) is 11.1. The minimum Gasteiger partial charge on any atom is -0.368 e. The Kier molecular flexibility index (Phi) is 1.89. The highest BCUT2D eigenvalue weighted by molar-refractivity contribution is 5.99. The molecule has 0 radical (unpaired) electrons. The Bertz CT molecular complexity index is 745. The van der Waals surface area contributed by atoms with Crippen molar-refractivity contribution in [2.24, 2.45) is 0 Å². The Morgan fingerprint density at radius 3 is 2.88 bits per heavy atom. The van der Waals surface area contributed by atoms with Crippen molar-refractivity contribution in [2.45, 2.75) is 6.92 Å². The Morgan fingerprint density at radius 2 is 2.12 bits per heavy atom. The molecule has 2 N–H and O–H groups in total. The largest absolute Gasteiger partial charge is 0.368 e. The zero-order valence-electron chi connectivity index (χ0n) is 9.21. The minimum atomic E-state index is -0.0859. The molecule has 2 heterocycles. The molecule has 0 amide bonds. The van der Waals surface area contributed by atoms with Crippen molar-refractivity contribution in [1.29, 1.82) is 0 Å². The summed E-state index contributed by atoms with van der Waals surface area (Å²) in [6.45, 7) is 1.48. The smallest absolute Gasteiger partial charge is 0.222 e. The van der Waals surface area contributed by atoms with Crippen LogP contribution in [0, 0.1) is 0 Å². The number of ketones is 1. The van der Waals surface area contributed by atoms with E-state index in [2.05, 4.69) is 10.1 Å². The van der Waals surface area contributed by atoms with Crippen molar-refractivity contribution in [3.05, 3.63) is 36.0 Å². The van der Waals surface area contributed by atoms with Crippen LogP contribution in [-0.2, 0) is 0 Å². The second-order valence-electron chi connectivity index (χ2n) is 3.87. The van der Waals surface area contributed by atoms with Gasteiger partial charge in [-0.1, -0.05) is 18.2 Å². The molecule has 0 atom stereocenters. The summed E-state index contributed by atoms with van der Waals surface area (Å²) in [7, 11) is 0. The number of fused-ring (bicyclic) bond motifs is 3. The lowest BCUT2D eigenvalue weighted by atomic mass is 10.2. The van der Waals surface area contributed by atoms with Crippen molar-refractivity contribution in [3.63, 3.8) is 0 Å². The van der Waals surface area contributed by atoms with Gasteiger partial charge in [-0.3, -0.25) is 4.79 Å². The van der Waals surface area contributed by atoms with E-state index in [1.165, 1.54) is 11.4 Å². The van der Waals surface area contributed by atoms with Crippen LogP contribution in [0.5, 0.6) is 0 Å². The molecule has 0 aliphatic rings. The van der Waals surface area contributed by atoms with Crippen molar-refractivity contribution in [2.75, 3.05) is 5.73 Å². The molecule has 5 heteroatoms. The molecule has 3 aromatic rings. The molecule has 0 unspecified atom stereocenters. The van der Waals surface area contributed by atoms with Crippen LogP contribution in [0.1, 0.15) is 17.4 Å². The third kappa shape index (κ3) is 1.36. The average molecular weight is 226 g/mol. The number of nitrogens with two attached hydrogens (primary N) is 1. The van der Waals surface area contributed by atoms with Crippen LogP contribution in [0.2, 0.25) is 0 Å². The quantitative estimate of drug-likeness (QED) is 0.640. The SMILES string of the molecule is CC(=O)c1cc2c3ccccc3nc(N)n2n1. The summed E-state index contributed by atoms with van der Waals surface area (Å²) in [6.07, 6.45) is 0. The molecule has 84 valence electrons. The first-order valence-corrected chi connectivity index (χ1v) is 5.22. The average Bonchev–Trinajstić information content (AvgIpc) is 2.75. The summed E-state index contributed by atoms with van der Waals surface area (Å²) in [5.41, 5.74) is 7.81. The van der Waals surface area contributed by atoms with Crippen LogP contribution < -0.4 is 5.73 Å². The van der Waals surface area contributed by atoms with Gasteiger partial charge in [-0.05, 0) is 12.1 Å². The van der Waals surface area contributed by atoms with Crippen LogP contribution in [0.3, 0.4) is 0 Å². The monoisotopic (exact) mass is 226 g/mol. The lowest BCUT2D eigenvalue weighted by Gasteiger charge is -2.02. The van der Waals surface area contributed by atoms with Gasteiger partial charge in [0.25, 0.3) is 0 Å². The molecule has 0 aliphatic carbocycles. The molecule has 3 rings (SSSR count). The Hall–Kier alpha value is -2.43. The van der Waals surface area contributed by atoms with Gasteiger partial charge in [-0.25, -0.2) is 4.98 Å². The van der Waals surface area contributed by atoms with Crippen LogP contribution in [0.15, 0.2) is 30.3 Å². The third-order valence-electron chi connectivity index (χ3n) is 2.70. The number of hydrogen-bond donors (Lipinski definition) is 1. The van der Waals surface area contributed by atoms with Gasteiger partial charge in [0.15, 0.2) is 5.78 Å². The van der Waals surface area contributed by atoms with Gasteiger partial charge in [0.05, 0.1) is 11.0 Å². The summed E-state index contributed by atoms with van der Waals surface area (Å²) in [6, 6.07) is 9.37. The van der Waals surface area contributed by atoms with E-state index in [0.717, 1.165) is 16.4 Å². The summed E-state index contributed by atoms with van der Waals surface area (Å²) >= 11 is 0. The zero-order chi connectivity index (χ0) is 12.0. The second kappa shape index (κ2) is 3.28. The van der Waals surface area contributed by atoms with E-state index in [0.29, 0.717) is 5.69 Å². The zero-order valence-corrected chi connectivity index (χ0v) is 9.21. The van der Waals surface area contributed by atoms with Crippen LogP contribution in [0.4, 0.5) is 5.95 Å². The lowest BCUT2D eigenvalue weighted by molar-refractivity contribution is 0.101. The molecule has 0 saturated carbocycles. The summed E-state index contributed by atoms with van der Waals surface area (Å²) in [4.78, 5) is 15.6. The van der Waals surface area contributed by atoms with E-state index in [9.17, 15) is 4.79 Å². The molecular formula is C12H10N4O. The highest BCUT2D eigenvalue weighted by Gasteiger charge is 2.11. The number of nitrogens with zero attached hydrogens (tertiary/aromatic N) is 3. The third-order valence-corrected chi connectivity index (χ3v) is 2.70. The first-order valence-electron chi connectivity index (χ1n) is 5.22. The molecule has 5 nitrogen and oxygen atoms in total. The number of aromatic nitrogens is 3. The highest BCUT2D eigenvalue weighted by Crippen LogP contribution is 2.21. The molecular weight excluding hydrogens is 216 g/mol. The molecule has 0 spiro atoms. The molecule has 0 aliphatic heterocycles. The molecule has 17 heavy (non-hydrogen) atoms. The fourth-order valence-corrected chi connectivity index (χ4v) is 1.88.